The molecule has 0 saturated heterocycles. The van der Waals surface area contributed by atoms with Crippen molar-refractivity contribution in [3.05, 3.63) is 120 Å². The lowest BCUT2D eigenvalue weighted by Gasteiger charge is -2.25. The minimum absolute atomic E-state index is 0.0795. The van der Waals surface area contributed by atoms with Crippen LogP contribution in [0.25, 0.3) is 11.1 Å². The molecule has 1 aromatic heterocycles. The summed E-state index contributed by atoms with van der Waals surface area (Å²) in [6, 6.07) is 29.7. The number of nitrogens with zero attached hydrogens (tertiary/aromatic N) is 2. The first-order valence-electron chi connectivity index (χ1n) is 10.2. The largest absolute Gasteiger partial charge is 0.496 e. The number of rotatable bonds is 7. The van der Waals surface area contributed by atoms with Gasteiger partial charge in [-0.25, -0.2) is 0 Å². The second-order valence-electron chi connectivity index (χ2n) is 7.25. The van der Waals surface area contributed by atoms with E-state index in [9.17, 15) is 4.79 Å². The second kappa shape index (κ2) is 9.72. The van der Waals surface area contributed by atoms with Gasteiger partial charge in [-0.3, -0.25) is 9.78 Å². The van der Waals surface area contributed by atoms with Gasteiger partial charge in [0, 0.05) is 25.5 Å². The van der Waals surface area contributed by atoms with Crippen LogP contribution in [0.1, 0.15) is 21.5 Å². The van der Waals surface area contributed by atoms with Gasteiger partial charge in [-0.2, -0.15) is 0 Å². The molecule has 4 heteroatoms. The van der Waals surface area contributed by atoms with Crippen molar-refractivity contribution in [2.24, 2.45) is 0 Å². The van der Waals surface area contributed by atoms with Gasteiger partial charge >= 0.3 is 0 Å². The van der Waals surface area contributed by atoms with Crippen LogP contribution in [-0.2, 0) is 13.1 Å². The van der Waals surface area contributed by atoms with E-state index in [1.807, 2.05) is 65.6 Å². The summed E-state index contributed by atoms with van der Waals surface area (Å²) >= 11 is 0. The first kappa shape index (κ1) is 20.4. The molecule has 4 aromatic rings. The van der Waals surface area contributed by atoms with Gasteiger partial charge in [-0.15, -0.1) is 0 Å². The quantitative estimate of drug-likeness (QED) is 0.400. The van der Waals surface area contributed by atoms with Crippen LogP contribution >= 0.6 is 0 Å². The SMILES string of the molecule is COc1ccccc1C(=O)N(Cc1cccnc1)Cc1ccccc1-c1ccccc1. The van der Waals surface area contributed by atoms with Gasteiger partial charge < -0.3 is 9.64 Å². The Morgan fingerprint density at radius 2 is 1.58 bits per heavy atom. The number of benzene rings is 3. The Bertz CT molecular complexity index is 1140. The van der Waals surface area contributed by atoms with Crippen molar-refractivity contribution in [3.63, 3.8) is 0 Å². The maximum atomic E-state index is 13.6. The van der Waals surface area contributed by atoms with Crippen molar-refractivity contribution >= 4 is 5.91 Å². The molecule has 31 heavy (non-hydrogen) atoms. The normalized spacial score (nSPS) is 10.5. The summed E-state index contributed by atoms with van der Waals surface area (Å²) in [6.45, 7) is 0.921. The molecule has 3 aromatic carbocycles. The third-order valence-electron chi connectivity index (χ3n) is 5.18. The number of methoxy groups -OCH3 is 1. The predicted molar refractivity (Wildman–Crippen MR) is 123 cm³/mol. The van der Waals surface area contributed by atoms with Crippen LogP contribution in [0.2, 0.25) is 0 Å². The first-order chi connectivity index (χ1) is 15.3. The van der Waals surface area contributed by atoms with Crippen LogP contribution in [0.3, 0.4) is 0 Å². The van der Waals surface area contributed by atoms with Gasteiger partial charge in [0.15, 0.2) is 0 Å². The number of carbonyl (C=O) groups excluding carboxylic acids is 1. The van der Waals surface area contributed by atoms with Gasteiger partial charge in [0.05, 0.1) is 12.7 Å². The minimum Gasteiger partial charge on any atom is -0.496 e. The fourth-order valence-electron chi connectivity index (χ4n) is 3.67. The van der Waals surface area contributed by atoms with Crippen molar-refractivity contribution in [1.82, 2.24) is 9.88 Å². The van der Waals surface area contributed by atoms with E-state index in [0.29, 0.717) is 24.4 Å². The van der Waals surface area contributed by atoms with Crippen LogP contribution in [0.15, 0.2) is 103 Å². The smallest absolute Gasteiger partial charge is 0.258 e. The van der Waals surface area contributed by atoms with Crippen molar-refractivity contribution in [2.75, 3.05) is 7.11 Å². The molecular weight excluding hydrogens is 384 g/mol. The standard InChI is InChI=1S/C27H24N2O2/c1-31-26-16-8-7-15-25(26)27(30)29(19-21-10-9-17-28-18-21)20-23-13-5-6-14-24(23)22-11-3-2-4-12-22/h2-18H,19-20H2,1H3. The van der Waals surface area contributed by atoms with Crippen LogP contribution in [-0.4, -0.2) is 22.9 Å². The summed E-state index contributed by atoms with van der Waals surface area (Å²) in [5.74, 6) is 0.490. The third-order valence-corrected chi connectivity index (χ3v) is 5.18. The second-order valence-corrected chi connectivity index (χ2v) is 7.25. The number of hydrogen-bond acceptors (Lipinski definition) is 3. The zero-order valence-corrected chi connectivity index (χ0v) is 17.4. The molecule has 0 saturated carbocycles. The van der Waals surface area contributed by atoms with Gasteiger partial charge in [0.2, 0.25) is 0 Å². The Hall–Kier alpha value is -3.92. The average molecular weight is 409 g/mol. The Morgan fingerprint density at radius 1 is 0.839 bits per heavy atom. The highest BCUT2D eigenvalue weighted by atomic mass is 16.5. The predicted octanol–water partition coefficient (Wildman–Crippen LogP) is 5.60. The number of amides is 1. The third kappa shape index (κ3) is 4.81. The highest BCUT2D eigenvalue weighted by Crippen LogP contribution is 2.27. The topological polar surface area (TPSA) is 42.4 Å². The lowest BCUT2D eigenvalue weighted by molar-refractivity contribution is 0.0726. The van der Waals surface area contributed by atoms with E-state index >= 15 is 0 Å². The van der Waals surface area contributed by atoms with Crippen molar-refractivity contribution in [3.8, 4) is 16.9 Å². The molecule has 0 spiro atoms. The van der Waals surface area contributed by atoms with Gasteiger partial charge in [-0.1, -0.05) is 72.8 Å². The zero-order chi connectivity index (χ0) is 21.5. The van der Waals surface area contributed by atoms with Crippen molar-refractivity contribution < 1.29 is 9.53 Å². The molecule has 1 amide bonds. The van der Waals surface area contributed by atoms with Crippen molar-refractivity contribution in [2.45, 2.75) is 13.1 Å². The van der Waals surface area contributed by atoms with Gasteiger partial charge in [-0.05, 0) is 40.5 Å². The molecule has 4 nitrogen and oxygen atoms in total. The molecular formula is C27H24N2O2. The van der Waals surface area contributed by atoms with Crippen LogP contribution in [0, 0.1) is 0 Å². The summed E-state index contributed by atoms with van der Waals surface area (Å²) in [4.78, 5) is 19.7. The molecule has 0 aliphatic heterocycles. The summed E-state index contributed by atoms with van der Waals surface area (Å²) < 4.78 is 5.45. The number of ether oxygens (including phenoxy) is 1. The summed E-state index contributed by atoms with van der Waals surface area (Å²) in [5, 5.41) is 0. The number of aromatic nitrogens is 1. The molecule has 0 bridgehead atoms. The lowest BCUT2D eigenvalue weighted by atomic mass is 9.99. The molecule has 0 aliphatic carbocycles. The molecule has 0 atom stereocenters. The molecule has 0 aliphatic rings. The fourth-order valence-corrected chi connectivity index (χ4v) is 3.67. The Kier molecular flexibility index (Phi) is 6.38. The fraction of sp³-hybridized carbons (Fsp3) is 0.111. The maximum Gasteiger partial charge on any atom is 0.258 e. The number of carbonyl (C=O) groups is 1. The Labute approximate surface area is 182 Å². The number of para-hydroxylation sites is 1. The Balaban J connectivity index is 1.72. The summed E-state index contributed by atoms with van der Waals surface area (Å²) in [5.41, 5.74) is 4.85. The van der Waals surface area contributed by atoms with E-state index in [1.165, 1.54) is 0 Å². The lowest BCUT2D eigenvalue weighted by Crippen LogP contribution is -2.30. The summed E-state index contributed by atoms with van der Waals surface area (Å²) in [7, 11) is 1.59. The minimum atomic E-state index is -0.0795. The van der Waals surface area contributed by atoms with Crippen LogP contribution in [0.5, 0.6) is 5.75 Å². The highest BCUT2D eigenvalue weighted by Gasteiger charge is 2.21. The van der Waals surface area contributed by atoms with Gasteiger partial charge in [0.1, 0.15) is 5.75 Å². The average Bonchev–Trinajstić information content (AvgIpc) is 2.84. The Morgan fingerprint density at radius 3 is 2.35 bits per heavy atom. The van der Waals surface area contributed by atoms with E-state index in [1.54, 1.807) is 25.6 Å². The monoisotopic (exact) mass is 408 g/mol. The van der Waals surface area contributed by atoms with Gasteiger partial charge in [0.25, 0.3) is 5.91 Å². The van der Waals surface area contributed by atoms with Crippen LogP contribution in [0.4, 0.5) is 0 Å². The van der Waals surface area contributed by atoms with E-state index in [-0.39, 0.29) is 5.91 Å². The van der Waals surface area contributed by atoms with E-state index in [2.05, 4.69) is 29.2 Å². The number of pyridine rings is 1. The molecule has 0 unspecified atom stereocenters. The van der Waals surface area contributed by atoms with Crippen LogP contribution < -0.4 is 4.74 Å². The molecule has 1 heterocycles. The highest BCUT2D eigenvalue weighted by molar-refractivity contribution is 5.97. The van der Waals surface area contributed by atoms with E-state index < -0.39 is 0 Å². The van der Waals surface area contributed by atoms with E-state index in [4.69, 9.17) is 4.74 Å². The molecule has 4 rings (SSSR count). The maximum absolute atomic E-state index is 13.6. The zero-order valence-electron chi connectivity index (χ0n) is 17.4. The molecule has 0 radical (unpaired) electrons. The molecule has 154 valence electrons. The summed E-state index contributed by atoms with van der Waals surface area (Å²) in [6.07, 6.45) is 3.53. The van der Waals surface area contributed by atoms with E-state index in [0.717, 1.165) is 22.3 Å². The molecule has 0 N–H and O–H groups in total. The first-order valence-corrected chi connectivity index (χ1v) is 10.2. The van der Waals surface area contributed by atoms with Crippen molar-refractivity contribution in [1.29, 1.82) is 0 Å². The molecule has 0 fully saturated rings. The number of hydrogen-bond donors (Lipinski definition) is 0.